The van der Waals surface area contributed by atoms with Crippen LogP contribution in [0.1, 0.15) is 34.8 Å². The average Bonchev–Trinajstić information content (AvgIpc) is 2.53. The average molecular weight is 283 g/mol. The summed E-state index contributed by atoms with van der Waals surface area (Å²) in [5.41, 5.74) is 2.88. The molecule has 0 saturated heterocycles. The molecular formula is C18H21NO2. The third kappa shape index (κ3) is 4.72. The summed E-state index contributed by atoms with van der Waals surface area (Å²) in [4.78, 5) is 12.1. The minimum atomic E-state index is -0.289. The first-order valence-electron chi connectivity index (χ1n) is 7.24. The monoisotopic (exact) mass is 283 g/mol. The van der Waals surface area contributed by atoms with Crippen molar-refractivity contribution in [2.45, 2.75) is 33.0 Å². The lowest BCUT2D eigenvalue weighted by molar-refractivity contribution is 0.0199. The van der Waals surface area contributed by atoms with Crippen molar-refractivity contribution in [3.63, 3.8) is 0 Å². The quantitative estimate of drug-likeness (QED) is 0.649. The van der Waals surface area contributed by atoms with Gasteiger partial charge in [-0.1, -0.05) is 55.0 Å². The van der Waals surface area contributed by atoms with E-state index in [1.807, 2.05) is 56.3 Å². The number of aryl methyl sites for hydroxylation is 1. The molecule has 0 fully saturated rings. The molecule has 1 unspecified atom stereocenters. The van der Waals surface area contributed by atoms with Crippen LogP contribution in [0.5, 0.6) is 0 Å². The van der Waals surface area contributed by atoms with Crippen molar-refractivity contribution in [1.82, 2.24) is 5.32 Å². The van der Waals surface area contributed by atoms with E-state index in [1.165, 1.54) is 5.56 Å². The Balaban J connectivity index is 1.89. The second kappa shape index (κ2) is 7.60. The Hall–Kier alpha value is -2.13. The fourth-order valence-corrected chi connectivity index (χ4v) is 1.98. The summed E-state index contributed by atoms with van der Waals surface area (Å²) in [6.45, 7) is 4.66. The molecule has 2 rings (SSSR count). The van der Waals surface area contributed by atoms with Gasteiger partial charge in [0.1, 0.15) is 0 Å². The summed E-state index contributed by atoms with van der Waals surface area (Å²) in [5, 5.41) is 3.25. The minimum Gasteiger partial charge on any atom is -0.443 e. The third-order valence-corrected chi connectivity index (χ3v) is 3.28. The standard InChI is InChI=1S/C18H21NO2/c1-3-17(19-13-15-7-5-4-6-8-15)21-18(20)16-11-9-14(2)10-12-16/h4-12,17,19H,3,13H2,1-2H3. The summed E-state index contributed by atoms with van der Waals surface area (Å²) in [5.74, 6) is -0.289. The van der Waals surface area contributed by atoms with E-state index in [0.29, 0.717) is 12.1 Å². The van der Waals surface area contributed by atoms with Crippen LogP contribution < -0.4 is 5.32 Å². The molecule has 0 saturated carbocycles. The van der Waals surface area contributed by atoms with Crippen LogP contribution in [0.15, 0.2) is 54.6 Å². The molecule has 1 atom stereocenters. The maximum absolute atomic E-state index is 12.1. The lowest BCUT2D eigenvalue weighted by Crippen LogP contribution is -2.32. The molecule has 0 aliphatic carbocycles. The number of hydrogen-bond acceptors (Lipinski definition) is 3. The molecule has 0 aliphatic heterocycles. The van der Waals surface area contributed by atoms with Crippen LogP contribution >= 0.6 is 0 Å². The summed E-state index contributed by atoms with van der Waals surface area (Å²) in [6, 6.07) is 17.5. The van der Waals surface area contributed by atoms with Crippen LogP contribution in [0.4, 0.5) is 0 Å². The van der Waals surface area contributed by atoms with E-state index in [1.54, 1.807) is 12.1 Å². The van der Waals surface area contributed by atoms with Gasteiger partial charge >= 0.3 is 5.97 Å². The lowest BCUT2D eigenvalue weighted by atomic mass is 10.1. The number of ether oxygens (including phenoxy) is 1. The van der Waals surface area contributed by atoms with Crippen molar-refractivity contribution in [3.8, 4) is 0 Å². The predicted molar refractivity (Wildman–Crippen MR) is 84.0 cm³/mol. The molecule has 1 N–H and O–H groups in total. The Morgan fingerprint density at radius 1 is 1.10 bits per heavy atom. The fraction of sp³-hybridized carbons (Fsp3) is 0.278. The summed E-state index contributed by atoms with van der Waals surface area (Å²) in [7, 11) is 0. The van der Waals surface area contributed by atoms with Gasteiger partial charge in [-0.2, -0.15) is 0 Å². The highest BCUT2D eigenvalue weighted by Gasteiger charge is 2.13. The smallest absolute Gasteiger partial charge is 0.339 e. The number of nitrogens with one attached hydrogen (secondary N) is 1. The summed E-state index contributed by atoms with van der Waals surface area (Å²) in [6.07, 6.45) is 0.448. The third-order valence-electron chi connectivity index (χ3n) is 3.28. The first-order chi connectivity index (χ1) is 10.2. The Morgan fingerprint density at radius 3 is 2.38 bits per heavy atom. The molecule has 0 aromatic heterocycles. The molecule has 2 aromatic rings. The van der Waals surface area contributed by atoms with Gasteiger partial charge in [-0.05, 0) is 31.0 Å². The van der Waals surface area contributed by atoms with Crippen molar-refractivity contribution in [2.75, 3.05) is 0 Å². The molecule has 0 bridgehead atoms. The van der Waals surface area contributed by atoms with Crippen LogP contribution in [-0.4, -0.2) is 12.2 Å². The molecule has 0 aliphatic rings. The van der Waals surface area contributed by atoms with Gasteiger partial charge < -0.3 is 4.74 Å². The largest absolute Gasteiger partial charge is 0.443 e. The van der Waals surface area contributed by atoms with Gasteiger partial charge in [0.25, 0.3) is 0 Å². The molecule has 0 radical (unpaired) electrons. The number of benzene rings is 2. The maximum atomic E-state index is 12.1. The molecule has 0 amide bonds. The summed E-state index contributed by atoms with van der Waals surface area (Å²) >= 11 is 0. The zero-order valence-corrected chi connectivity index (χ0v) is 12.5. The number of carbonyl (C=O) groups is 1. The topological polar surface area (TPSA) is 38.3 Å². The number of carbonyl (C=O) groups excluding carboxylic acids is 1. The molecule has 0 spiro atoms. The van der Waals surface area contributed by atoms with Crippen LogP contribution in [0.2, 0.25) is 0 Å². The van der Waals surface area contributed by atoms with Crippen LogP contribution in [0.3, 0.4) is 0 Å². The highest BCUT2D eigenvalue weighted by Crippen LogP contribution is 2.08. The maximum Gasteiger partial charge on any atom is 0.339 e. The Labute approximate surface area is 126 Å². The second-order valence-electron chi connectivity index (χ2n) is 5.03. The van der Waals surface area contributed by atoms with Gasteiger partial charge in [0.05, 0.1) is 5.56 Å². The Bertz CT molecular complexity index is 564. The van der Waals surface area contributed by atoms with Crippen molar-refractivity contribution >= 4 is 5.97 Å². The molecule has 2 aromatic carbocycles. The highest BCUT2D eigenvalue weighted by molar-refractivity contribution is 5.89. The van der Waals surface area contributed by atoms with E-state index in [2.05, 4.69) is 5.32 Å². The zero-order valence-electron chi connectivity index (χ0n) is 12.5. The molecule has 3 heteroatoms. The van der Waals surface area contributed by atoms with Gasteiger partial charge in [-0.25, -0.2) is 4.79 Å². The minimum absolute atomic E-state index is 0.279. The van der Waals surface area contributed by atoms with Crippen molar-refractivity contribution < 1.29 is 9.53 Å². The Morgan fingerprint density at radius 2 is 1.76 bits per heavy atom. The van der Waals surface area contributed by atoms with E-state index >= 15 is 0 Å². The van der Waals surface area contributed by atoms with Gasteiger partial charge in [0, 0.05) is 6.54 Å². The first-order valence-corrected chi connectivity index (χ1v) is 7.24. The second-order valence-corrected chi connectivity index (χ2v) is 5.03. The van der Waals surface area contributed by atoms with Gasteiger partial charge in [-0.3, -0.25) is 5.32 Å². The lowest BCUT2D eigenvalue weighted by Gasteiger charge is -2.18. The molecule has 110 valence electrons. The predicted octanol–water partition coefficient (Wildman–Crippen LogP) is 3.68. The van der Waals surface area contributed by atoms with E-state index in [9.17, 15) is 4.79 Å². The van der Waals surface area contributed by atoms with E-state index in [4.69, 9.17) is 4.74 Å². The van der Waals surface area contributed by atoms with Gasteiger partial charge in [-0.15, -0.1) is 0 Å². The van der Waals surface area contributed by atoms with Crippen LogP contribution in [-0.2, 0) is 11.3 Å². The fourth-order valence-electron chi connectivity index (χ4n) is 1.98. The number of hydrogen-bond donors (Lipinski definition) is 1. The zero-order chi connectivity index (χ0) is 15.1. The molecule has 0 heterocycles. The molecule has 21 heavy (non-hydrogen) atoms. The van der Waals surface area contributed by atoms with Crippen molar-refractivity contribution in [2.24, 2.45) is 0 Å². The molecular weight excluding hydrogens is 262 g/mol. The van der Waals surface area contributed by atoms with Gasteiger partial charge in [0.15, 0.2) is 6.23 Å². The van der Waals surface area contributed by atoms with E-state index < -0.39 is 0 Å². The van der Waals surface area contributed by atoms with E-state index in [-0.39, 0.29) is 12.2 Å². The van der Waals surface area contributed by atoms with Crippen molar-refractivity contribution in [3.05, 3.63) is 71.3 Å². The van der Waals surface area contributed by atoms with Crippen molar-refractivity contribution in [1.29, 1.82) is 0 Å². The SMILES string of the molecule is CCC(NCc1ccccc1)OC(=O)c1ccc(C)cc1. The Kier molecular flexibility index (Phi) is 5.52. The van der Waals surface area contributed by atoms with E-state index in [0.717, 1.165) is 12.0 Å². The van der Waals surface area contributed by atoms with Crippen LogP contribution in [0, 0.1) is 6.92 Å². The first kappa shape index (κ1) is 15.3. The van der Waals surface area contributed by atoms with Crippen LogP contribution in [0.25, 0.3) is 0 Å². The highest BCUT2D eigenvalue weighted by atomic mass is 16.6. The number of rotatable bonds is 6. The number of esters is 1. The molecule has 3 nitrogen and oxygen atoms in total. The summed E-state index contributed by atoms with van der Waals surface area (Å²) < 4.78 is 5.50. The van der Waals surface area contributed by atoms with Gasteiger partial charge in [0.2, 0.25) is 0 Å². The normalized spacial score (nSPS) is 11.9.